The van der Waals surface area contributed by atoms with Crippen LogP contribution in [0.2, 0.25) is 0 Å². The van der Waals surface area contributed by atoms with Crippen LogP contribution < -0.4 is 0 Å². The third-order valence-electron chi connectivity index (χ3n) is 2.35. The molecular formula is C13H7F3O. The summed E-state index contributed by atoms with van der Waals surface area (Å²) in [7, 11) is 0. The highest BCUT2D eigenvalue weighted by molar-refractivity contribution is 5.79. The molecule has 17 heavy (non-hydrogen) atoms. The predicted octanol–water partition coefficient (Wildman–Crippen LogP) is 3.58. The molecule has 0 saturated carbocycles. The number of halogens is 3. The lowest BCUT2D eigenvalue weighted by atomic mass is 10.0. The zero-order valence-electron chi connectivity index (χ0n) is 8.58. The molecule has 0 heterocycles. The minimum absolute atomic E-state index is 0.133. The number of hydrogen-bond acceptors (Lipinski definition) is 1. The molecule has 0 fully saturated rings. The van der Waals surface area contributed by atoms with Crippen LogP contribution in [0.5, 0.6) is 0 Å². The van der Waals surface area contributed by atoms with Crippen LogP contribution in [0.1, 0.15) is 10.4 Å². The number of carbonyl (C=O) groups is 1. The molecule has 0 unspecified atom stereocenters. The van der Waals surface area contributed by atoms with E-state index in [0.717, 1.165) is 24.3 Å². The fraction of sp³-hybridized carbons (Fsp3) is 0. The van der Waals surface area contributed by atoms with Gasteiger partial charge in [-0.1, -0.05) is 0 Å². The smallest absolute Gasteiger partial charge is 0.150 e. The van der Waals surface area contributed by atoms with Crippen molar-refractivity contribution in [3.8, 4) is 11.1 Å². The van der Waals surface area contributed by atoms with Crippen molar-refractivity contribution >= 4 is 6.29 Å². The van der Waals surface area contributed by atoms with Crippen LogP contribution in [0.15, 0.2) is 36.4 Å². The quantitative estimate of drug-likeness (QED) is 0.728. The van der Waals surface area contributed by atoms with Crippen LogP contribution in [0.3, 0.4) is 0 Å². The van der Waals surface area contributed by atoms with Crippen LogP contribution in [-0.4, -0.2) is 6.29 Å². The first kappa shape index (κ1) is 11.4. The molecule has 0 aromatic heterocycles. The van der Waals surface area contributed by atoms with E-state index in [1.54, 1.807) is 0 Å². The van der Waals surface area contributed by atoms with Gasteiger partial charge in [-0.2, -0.15) is 0 Å². The summed E-state index contributed by atoms with van der Waals surface area (Å²) in [5.41, 5.74) is -0.136. The van der Waals surface area contributed by atoms with Crippen LogP contribution in [-0.2, 0) is 0 Å². The van der Waals surface area contributed by atoms with Crippen molar-refractivity contribution in [2.45, 2.75) is 0 Å². The van der Waals surface area contributed by atoms with Crippen molar-refractivity contribution in [3.63, 3.8) is 0 Å². The second kappa shape index (κ2) is 4.41. The van der Waals surface area contributed by atoms with E-state index in [0.29, 0.717) is 6.29 Å². The highest BCUT2D eigenvalue weighted by atomic mass is 19.1. The van der Waals surface area contributed by atoms with E-state index in [1.165, 1.54) is 12.1 Å². The molecule has 0 radical (unpaired) electrons. The van der Waals surface area contributed by atoms with E-state index in [4.69, 9.17) is 0 Å². The van der Waals surface area contributed by atoms with Crippen molar-refractivity contribution in [2.75, 3.05) is 0 Å². The van der Waals surface area contributed by atoms with Crippen molar-refractivity contribution in [3.05, 3.63) is 59.4 Å². The van der Waals surface area contributed by atoms with E-state index in [2.05, 4.69) is 0 Å². The molecule has 0 atom stereocenters. The van der Waals surface area contributed by atoms with Gasteiger partial charge in [0.25, 0.3) is 0 Å². The topological polar surface area (TPSA) is 17.1 Å². The molecule has 2 aromatic carbocycles. The van der Waals surface area contributed by atoms with E-state index in [-0.39, 0.29) is 16.7 Å². The minimum atomic E-state index is -0.742. The predicted molar refractivity (Wildman–Crippen MR) is 57.1 cm³/mol. The molecule has 4 heteroatoms. The summed E-state index contributed by atoms with van der Waals surface area (Å²) < 4.78 is 39.9. The fourth-order valence-corrected chi connectivity index (χ4v) is 1.53. The Kier molecular flexibility index (Phi) is 2.95. The van der Waals surface area contributed by atoms with Crippen molar-refractivity contribution in [2.24, 2.45) is 0 Å². The van der Waals surface area contributed by atoms with Crippen molar-refractivity contribution < 1.29 is 18.0 Å². The average molecular weight is 236 g/mol. The fourth-order valence-electron chi connectivity index (χ4n) is 1.53. The summed E-state index contributed by atoms with van der Waals surface area (Å²) in [5, 5.41) is 0. The molecule has 0 aliphatic carbocycles. The standard InChI is InChI=1S/C13H7F3O/c14-9-2-4-13(16)11(6-9)10-5-8(7-17)1-3-12(10)15/h1-7H. The molecule has 0 amide bonds. The first-order valence-corrected chi connectivity index (χ1v) is 4.82. The minimum Gasteiger partial charge on any atom is -0.298 e. The molecule has 1 nitrogen and oxygen atoms in total. The molecule has 2 rings (SSSR count). The Bertz CT molecular complexity index is 579. The Morgan fingerprint density at radius 3 is 2.06 bits per heavy atom. The Balaban J connectivity index is 2.66. The summed E-state index contributed by atoms with van der Waals surface area (Å²) in [6, 6.07) is 6.24. The van der Waals surface area contributed by atoms with Gasteiger partial charge in [0.2, 0.25) is 0 Å². The zero-order chi connectivity index (χ0) is 12.4. The molecule has 0 aliphatic rings. The molecule has 86 valence electrons. The SMILES string of the molecule is O=Cc1ccc(F)c(-c2cc(F)ccc2F)c1. The van der Waals surface area contributed by atoms with E-state index in [9.17, 15) is 18.0 Å². The number of benzene rings is 2. The maximum atomic E-state index is 13.5. The van der Waals surface area contributed by atoms with Crippen LogP contribution in [0.25, 0.3) is 11.1 Å². The second-order valence-electron chi connectivity index (χ2n) is 3.48. The molecule has 0 aliphatic heterocycles. The lowest BCUT2D eigenvalue weighted by Gasteiger charge is -2.06. The highest BCUT2D eigenvalue weighted by Gasteiger charge is 2.11. The lowest BCUT2D eigenvalue weighted by molar-refractivity contribution is 0.112. The first-order chi connectivity index (χ1) is 8.11. The van der Waals surface area contributed by atoms with Crippen molar-refractivity contribution in [1.29, 1.82) is 0 Å². The average Bonchev–Trinajstić information content (AvgIpc) is 2.33. The molecule has 0 bridgehead atoms. The Labute approximate surface area is 95.5 Å². The van der Waals surface area contributed by atoms with Gasteiger partial charge in [-0.05, 0) is 36.4 Å². The van der Waals surface area contributed by atoms with Gasteiger partial charge in [0.05, 0.1) is 0 Å². The molecule has 0 N–H and O–H groups in total. The van der Waals surface area contributed by atoms with Crippen LogP contribution in [0.4, 0.5) is 13.2 Å². The molecule has 2 aromatic rings. The Morgan fingerprint density at radius 2 is 1.41 bits per heavy atom. The maximum Gasteiger partial charge on any atom is 0.150 e. The van der Waals surface area contributed by atoms with Gasteiger partial charge >= 0.3 is 0 Å². The van der Waals surface area contributed by atoms with E-state index >= 15 is 0 Å². The van der Waals surface area contributed by atoms with Gasteiger partial charge in [-0.15, -0.1) is 0 Å². The summed E-state index contributed by atoms with van der Waals surface area (Å²) in [5.74, 6) is -2.12. The third kappa shape index (κ3) is 2.20. The number of hydrogen-bond donors (Lipinski definition) is 0. The van der Waals surface area contributed by atoms with E-state index < -0.39 is 17.5 Å². The van der Waals surface area contributed by atoms with Gasteiger partial charge in [-0.3, -0.25) is 4.79 Å². The van der Waals surface area contributed by atoms with Gasteiger partial charge in [0.1, 0.15) is 23.7 Å². The second-order valence-corrected chi connectivity index (χ2v) is 3.48. The van der Waals surface area contributed by atoms with Crippen molar-refractivity contribution in [1.82, 2.24) is 0 Å². The molecular weight excluding hydrogens is 229 g/mol. The first-order valence-electron chi connectivity index (χ1n) is 4.82. The monoisotopic (exact) mass is 236 g/mol. The van der Waals surface area contributed by atoms with Gasteiger partial charge in [0.15, 0.2) is 0 Å². The van der Waals surface area contributed by atoms with Crippen LogP contribution in [0, 0.1) is 17.5 Å². The molecule has 0 saturated heterocycles. The Morgan fingerprint density at radius 1 is 0.824 bits per heavy atom. The summed E-state index contributed by atoms with van der Waals surface area (Å²) in [6.07, 6.45) is 0.514. The van der Waals surface area contributed by atoms with Gasteiger partial charge in [-0.25, -0.2) is 13.2 Å². The summed E-state index contributed by atoms with van der Waals surface area (Å²) >= 11 is 0. The third-order valence-corrected chi connectivity index (χ3v) is 2.35. The number of rotatable bonds is 2. The molecule has 0 spiro atoms. The highest BCUT2D eigenvalue weighted by Crippen LogP contribution is 2.27. The zero-order valence-corrected chi connectivity index (χ0v) is 8.58. The van der Waals surface area contributed by atoms with Gasteiger partial charge < -0.3 is 0 Å². The largest absolute Gasteiger partial charge is 0.298 e. The van der Waals surface area contributed by atoms with Gasteiger partial charge in [0, 0.05) is 16.7 Å². The number of aldehydes is 1. The summed E-state index contributed by atoms with van der Waals surface area (Å²) in [4.78, 5) is 10.6. The van der Waals surface area contributed by atoms with Crippen LogP contribution >= 0.6 is 0 Å². The van der Waals surface area contributed by atoms with E-state index in [1.807, 2.05) is 0 Å². The maximum absolute atomic E-state index is 13.5. The normalized spacial score (nSPS) is 10.3. The Hall–Kier alpha value is -2.10. The summed E-state index contributed by atoms with van der Waals surface area (Å²) in [6.45, 7) is 0. The number of carbonyl (C=O) groups excluding carboxylic acids is 1. The lowest BCUT2D eigenvalue weighted by Crippen LogP contribution is -1.92.